The third-order valence-corrected chi connectivity index (χ3v) is 2.66. The molecule has 13 heavy (non-hydrogen) atoms. The fourth-order valence-electron chi connectivity index (χ4n) is 1.91. The van der Waals surface area contributed by atoms with Gasteiger partial charge in [-0.1, -0.05) is 46.0 Å². The Morgan fingerprint density at radius 1 is 0.923 bits per heavy atom. The lowest BCUT2D eigenvalue weighted by Gasteiger charge is -2.14. The molecule has 0 spiro atoms. The Labute approximate surface area is 84.3 Å². The zero-order valence-corrected chi connectivity index (χ0v) is 9.73. The second-order valence-electron chi connectivity index (χ2n) is 4.06. The van der Waals surface area contributed by atoms with Crippen molar-refractivity contribution in [3.8, 4) is 0 Å². The van der Waals surface area contributed by atoms with Gasteiger partial charge in [0.2, 0.25) is 0 Å². The summed E-state index contributed by atoms with van der Waals surface area (Å²) in [7, 11) is 2.06. The molecule has 1 N–H and O–H groups in total. The van der Waals surface area contributed by atoms with Gasteiger partial charge in [0.1, 0.15) is 0 Å². The summed E-state index contributed by atoms with van der Waals surface area (Å²) in [6.07, 6.45) is 9.78. The van der Waals surface area contributed by atoms with E-state index in [-0.39, 0.29) is 0 Å². The van der Waals surface area contributed by atoms with E-state index in [1.807, 2.05) is 0 Å². The minimum absolute atomic E-state index is 0.923. The van der Waals surface area contributed by atoms with Crippen LogP contribution < -0.4 is 5.32 Å². The molecule has 0 saturated heterocycles. The van der Waals surface area contributed by atoms with E-state index in [0.29, 0.717) is 0 Å². The van der Waals surface area contributed by atoms with Crippen molar-refractivity contribution in [1.29, 1.82) is 0 Å². The first-order valence-corrected chi connectivity index (χ1v) is 5.99. The topological polar surface area (TPSA) is 12.0 Å². The highest BCUT2D eigenvalue weighted by Crippen LogP contribution is 2.15. The molecule has 0 radical (unpaired) electrons. The molecule has 0 aliphatic carbocycles. The first kappa shape index (κ1) is 13.0. The van der Waals surface area contributed by atoms with Crippen LogP contribution >= 0.6 is 0 Å². The highest BCUT2D eigenvalue weighted by molar-refractivity contribution is 4.60. The third-order valence-electron chi connectivity index (χ3n) is 2.66. The summed E-state index contributed by atoms with van der Waals surface area (Å²) in [5.74, 6) is 0.923. The van der Waals surface area contributed by atoms with Crippen molar-refractivity contribution in [2.75, 3.05) is 13.6 Å². The molecule has 1 nitrogen and oxygen atoms in total. The molecule has 0 aromatic rings. The molecule has 0 bridgehead atoms. The first-order chi connectivity index (χ1) is 6.35. The molecule has 0 aromatic carbocycles. The van der Waals surface area contributed by atoms with Crippen molar-refractivity contribution in [3.05, 3.63) is 0 Å². The number of unbranched alkanes of at least 4 members (excludes halogenated alkanes) is 3. The van der Waals surface area contributed by atoms with E-state index in [9.17, 15) is 0 Å². The van der Waals surface area contributed by atoms with E-state index < -0.39 is 0 Å². The summed E-state index contributed by atoms with van der Waals surface area (Å²) in [6.45, 7) is 5.77. The summed E-state index contributed by atoms with van der Waals surface area (Å²) >= 11 is 0. The zero-order valence-electron chi connectivity index (χ0n) is 9.73. The molecule has 1 heteroatoms. The Kier molecular flexibility index (Phi) is 10.0. The highest BCUT2D eigenvalue weighted by Gasteiger charge is 2.05. The molecule has 0 heterocycles. The van der Waals surface area contributed by atoms with Gasteiger partial charge in [0.15, 0.2) is 0 Å². The predicted octanol–water partition coefficient (Wildman–Crippen LogP) is 3.59. The molecular formula is C12H27N. The smallest absolute Gasteiger partial charge is 0.00235 e. The minimum atomic E-state index is 0.923. The average molecular weight is 185 g/mol. The van der Waals surface area contributed by atoms with Gasteiger partial charge >= 0.3 is 0 Å². The Morgan fingerprint density at radius 3 is 2.23 bits per heavy atom. The molecular weight excluding hydrogens is 158 g/mol. The first-order valence-electron chi connectivity index (χ1n) is 5.99. The molecule has 0 aromatic heterocycles. The van der Waals surface area contributed by atoms with Crippen LogP contribution in [0.3, 0.4) is 0 Å². The summed E-state index contributed by atoms with van der Waals surface area (Å²) < 4.78 is 0. The highest BCUT2D eigenvalue weighted by atomic mass is 14.8. The van der Waals surface area contributed by atoms with Gasteiger partial charge in [-0.05, 0) is 32.4 Å². The van der Waals surface area contributed by atoms with Gasteiger partial charge in [-0.15, -0.1) is 0 Å². The summed E-state index contributed by atoms with van der Waals surface area (Å²) in [6, 6.07) is 0. The fourth-order valence-corrected chi connectivity index (χ4v) is 1.91. The standard InChI is InChI=1S/C12H27N/c1-4-6-7-8-10-12(9-5-2)11-13-3/h12-13H,4-11H2,1-3H3. The maximum absolute atomic E-state index is 3.29. The van der Waals surface area contributed by atoms with Crippen LogP contribution in [0, 0.1) is 5.92 Å². The molecule has 1 atom stereocenters. The Morgan fingerprint density at radius 2 is 1.69 bits per heavy atom. The maximum atomic E-state index is 3.29. The number of hydrogen-bond acceptors (Lipinski definition) is 1. The van der Waals surface area contributed by atoms with E-state index in [1.54, 1.807) is 0 Å². The molecule has 1 unspecified atom stereocenters. The van der Waals surface area contributed by atoms with Gasteiger partial charge in [-0.25, -0.2) is 0 Å². The molecule has 0 aliphatic heterocycles. The van der Waals surface area contributed by atoms with Crippen LogP contribution in [0.1, 0.15) is 58.8 Å². The quantitative estimate of drug-likeness (QED) is 0.541. The van der Waals surface area contributed by atoms with Gasteiger partial charge in [-0.3, -0.25) is 0 Å². The SMILES string of the molecule is CCCCCCC(CCC)CNC. The van der Waals surface area contributed by atoms with Crippen molar-refractivity contribution >= 4 is 0 Å². The van der Waals surface area contributed by atoms with Crippen LogP contribution in [0.4, 0.5) is 0 Å². The monoisotopic (exact) mass is 185 g/mol. The van der Waals surface area contributed by atoms with Crippen LogP contribution in [0.5, 0.6) is 0 Å². The molecule has 0 rings (SSSR count). The lowest BCUT2D eigenvalue weighted by atomic mass is 9.96. The Balaban J connectivity index is 3.33. The Hall–Kier alpha value is -0.0400. The van der Waals surface area contributed by atoms with Crippen LogP contribution in [-0.4, -0.2) is 13.6 Å². The van der Waals surface area contributed by atoms with Crippen molar-refractivity contribution in [2.24, 2.45) is 5.92 Å². The van der Waals surface area contributed by atoms with Gasteiger partial charge in [0.05, 0.1) is 0 Å². The van der Waals surface area contributed by atoms with Gasteiger partial charge in [0, 0.05) is 0 Å². The lowest BCUT2D eigenvalue weighted by Crippen LogP contribution is -2.18. The van der Waals surface area contributed by atoms with Crippen LogP contribution in [0.25, 0.3) is 0 Å². The molecule has 80 valence electrons. The van der Waals surface area contributed by atoms with Gasteiger partial charge in [-0.2, -0.15) is 0 Å². The van der Waals surface area contributed by atoms with Crippen LogP contribution in [0.2, 0.25) is 0 Å². The number of nitrogens with one attached hydrogen (secondary N) is 1. The van der Waals surface area contributed by atoms with Crippen LogP contribution in [0.15, 0.2) is 0 Å². The van der Waals surface area contributed by atoms with E-state index in [0.717, 1.165) is 5.92 Å². The largest absolute Gasteiger partial charge is 0.319 e. The number of hydrogen-bond donors (Lipinski definition) is 1. The van der Waals surface area contributed by atoms with Crippen LogP contribution in [-0.2, 0) is 0 Å². The second-order valence-corrected chi connectivity index (χ2v) is 4.06. The predicted molar refractivity (Wildman–Crippen MR) is 61.1 cm³/mol. The summed E-state index contributed by atoms with van der Waals surface area (Å²) in [5, 5.41) is 3.29. The zero-order chi connectivity index (χ0) is 9.94. The second kappa shape index (κ2) is 10.0. The number of rotatable bonds is 9. The summed E-state index contributed by atoms with van der Waals surface area (Å²) in [5.41, 5.74) is 0. The minimum Gasteiger partial charge on any atom is -0.319 e. The van der Waals surface area contributed by atoms with Crippen molar-refractivity contribution in [1.82, 2.24) is 5.32 Å². The molecule has 0 fully saturated rings. The van der Waals surface area contributed by atoms with Gasteiger partial charge < -0.3 is 5.32 Å². The molecule has 0 amide bonds. The van der Waals surface area contributed by atoms with E-state index in [1.165, 1.54) is 51.5 Å². The van der Waals surface area contributed by atoms with E-state index in [2.05, 4.69) is 26.2 Å². The van der Waals surface area contributed by atoms with Crippen molar-refractivity contribution < 1.29 is 0 Å². The fraction of sp³-hybridized carbons (Fsp3) is 1.00. The maximum Gasteiger partial charge on any atom is -0.00235 e. The normalized spacial score (nSPS) is 13.2. The van der Waals surface area contributed by atoms with E-state index in [4.69, 9.17) is 0 Å². The average Bonchev–Trinajstić information content (AvgIpc) is 2.13. The molecule has 0 aliphatic rings. The molecule has 0 saturated carbocycles. The third kappa shape index (κ3) is 8.29. The van der Waals surface area contributed by atoms with Crippen molar-refractivity contribution in [3.63, 3.8) is 0 Å². The van der Waals surface area contributed by atoms with E-state index >= 15 is 0 Å². The van der Waals surface area contributed by atoms with Gasteiger partial charge in [0.25, 0.3) is 0 Å². The lowest BCUT2D eigenvalue weighted by molar-refractivity contribution is 0.408. The summed E-state index contributed by atoms with van der Waals surface area (Å²) in [4.78, 5) is 0. The Bertz CT molecular complexity index is 85.1. The van der Waals surface area contributed by atoms with Crippen molar-refractivity contribution in [2.45, 2.75) is 58.8 Å².